The van der Waals surface area contributed by atoms with Crippen molar-refractivity contribution >= 4 is 17.3 Å². The molecular weight excluding hydrogens is 274 g/mol. The predicted molar refractivity (Wildman–Crippen MR) is 88.3 cm³/mol. The summed E-state index contributed by atoms with van der Waals surface area (Å²) in [6, 6.07) is 18.8. The van der Waals surface area contributed by atoms with Gasteiger partial charge in [-0.15, -0.1) is 0 Å². The van der Waals surface area contributed by atoms with Crippen molar-refractivity contribution in [2.24, 2.45) is 0 Å². The van der Waals surface area contributed by atoms with Crippen LogP contribution in [0.1, 0.15) is 5.56 Å². The van der Waals surface area contributed by atoms with Gasteiger partial charge < -0.3 is 10.2 Å². The molecular formula is C18H17N3O. The maximum Gasteiger partial charge on any atom is 0.267 e. The maximum atomic E-state index is 12.1. The van der Waals surface area contributed by atoms with Crippen molar-refractivity contribution in [2.45, 2.75) is 6.92 Å². The second kappa shape index (κ2) is 7.09. The lowest BCUT2D eigenvalue weighted by atomic mass is 10.2. The van der Waals surface area contributed by atoms with Gasteiger partial charge in [0.05, 0.1) is 0 Å². The van der Waals surface area contributed by atoms with Crippen LogP contribution < -0.4 is 10.2 Å². The highest BCUT2D eigenvalue weighted by molar-refractivity contribution is 6.06. The number of para-hydroxylation sites is 1. The van der Waals surface area contributed by atoms with E-state index in [1.807, 2.05) is 55.5 Å². The Kier molecular flexibility index (Phi) is 4.94. The molecule has 2 aromatic rings. The van der Waals surface area contributed by atoms with Gasteiger partial charge in [-0.25, -0.2) is 0 Å². The van der Waals surface area contributed by atoms with E-state index in [2.05, 4.69) is 5.32 Å². The maximum absolute atomic E-state index is 12.1. The fourth-order valence-electron chi connectivity index (χ4n) is 1.91. The number of hydrogen-bond donors (Lipinski definition) is 1. The standard InChI is InChI=1S/C18H17N3O/c1-14-8-10-17(11-9-14)21(2)13-15(12-19)18(22)20-16-6-4-3-5-7-16/h3-11,13H,1-2H3,(H,20,22)/b15-13+. The van der Waals surface area contributed by atoms with Crippen LogP contribution in [-0.2, 0) is 4.79 Å². The van der Waals surface area contributed by atoms with E-state index >= 15 is 0 Å². The van der Waals surface area contributed by atoms with Crippen molar-refractivity contribution in [3.8, 4) is 6.07 Å². The zero-order valence-electron chi connectivity index (χ0n) is 12.6. The van der Waals surface area contributed by atoms with E-state index in [1.165, 1.54) is 6.20 Å². The molecule has 0 heterocycles. The Morgan fingerprint density at radius 3 is 2.36 bits per heavy atom. The zero-order valence-corrected chi connectivity index (χ0v) is 12.6. The molecule has 4 heteroatoms. The summed E-state index contributed by atoms with van der Waals surface area (Å²) in [4.78, 5) is 13.9. The molecule has 0 saturated carbocycles. The molecule has 0 aliphatic heterocycles. The normalized spacial score (nSPS) is 10.7. The number of nitrogens with zero attached hydrogens (tertiary/aromatic N) is 2. The van der Waals surface area contributed by atoms with Crippen molar-refractivity contribution in [2.75, 3.05) is 17.3 Å². The summed E-state index contributed by atoms with van der Waals surface area (Å²) in [7, 11) is 1.80. The molecule has 0 spiro atoms. The number of rotatable bonds is 4. The van der Waals surface area contributed by atoms with Crippen molar-refractivity contribution < 1.29 is 4.79 Å². The van der Waals surface area contributed by atoms with E-state index in [0.717, 1.165) is 11.3 Å². The molecule has 0 atom stereocenters. The number of carbonyl (C=O) groups is 1. The Labute approximate surface area is 130 Å². The molecule has 0 radical (unpaired) electrons. The molecule has 0 aliphatic carbocycles. The SMILES string of the molecule is Cc1ccc(N(C)/C=C(\C#N)C(=O)Nc2ccccc2)cc1. The second-order valence-corrected chi connectivity index (χ2v) is 4.92. The Morgan fingerprint density at radius 2 is 1.77 bits per heavy atom. The summed E-state index contributed by atoms with van der Waals surface area (Å²) < 4.78 is 0. The monoisotopic (exact) mass is 291 g/mol. The molecule has 2 aromatic carbocycles. The number of hydrogen-bond acceptors (Lipinski definition) is 3. The summed E-state index contributed by atoms with van der Waals surface area (Å²) in [6.07, 6.45) is 1.53. The molecule has 4 nitrogen and oxygen atoms in total. The van der Waals surface area contributed by atoms with Crippen LogP contribution in [0.3, 0.4) is 0 Å². The Balaban J connectivity index is 2.14. The number of amides is 1. The van der Waals surface area contributed by atoms with Crippen molar-refractivity contribution in [3.05, 3.63) is 71.9 Å². The first-order valence-corrected chi connectivity index (χ1v) is 6.88. The lowest BCUT2D eigenvalue weighted by Gasteiger charge is -2.15. The van der Waals surface area contributed by atoms with Gasteiger partial charge in [0.1, 0.15) is 11.6 Å². The molecule has 22 heavy (non-hydrogen) atoms. The lowest BCUT2D eigenvalue weighted by molar-refractivity contribution is -0.112. The minimum Gasteiger partial charge on any atom is -0.350 e. The molecule has 1 N–H and O–H groups in total. The molecule has 0 aromatic heterocycles. The Morgan fingerprint density at radius 1 is 1.14 bits per heavy atom. The number of aryl methyl sites for hydroxylation is 1. The second-order valence-electron chi connectivity index (χ2n) is 4.92. The molecule has 110 valence electrons. The molecule has 0 aliphatic rings. The predicted octanol–water partition coefficient (Wildman–Crippen LogP) is 3.48. The van der Waals surface area contributed by atoms with Gasteiger partial charge in [0, 0.05) is 24.6 Å². The van der Waals surface area contributed by atoms with Gasteiger partial charge in [-0.2, -0.15) is 5.26 Å². The summed E-state index contributed by atoms with van der Waals surface area (Å²) in [5.74, 6) is -0.423. The minimum atomic E-state index is -0.423. The van der Waals surface area contributed by atoms with Crippen LogP contribution in [0.25, 0.3) is 0 Å². The fourth-order valence-corrected chi connectivity index (χ4v) is 1.91. The molecule has 0 fully saturated rings. The summed E-state index contributed by atoms with van der Waals surface area (Å²) in [6.45, 7) is 2.01. The quantitative estimate of drug-likeness (QED) is 0.693. The van der Waals surface area contributed by atoms with Crippen LogP contribution in [-0.4, -0.2) is 13.0 Å². The van der Waals surface area contributed by atoms with E-state index in [0.29, 0.717) is 5.69 Å². The first-order valence-electron chi connectivity index (χ1n) is 6.88. The fraction of sp³-hybridized carbons (Fsp3) is 0.111. The number of nitrogens with one attached hydrogen (secondary N) is 1. The van der Waals surface area contributed by atoms with E-state index < -0.39 is 5.91 Å². The summed E-state index contributed by atoms with van der Waals surface area (Å²) in [5.41, 5.74) is 2.77. The number of anilines is 2. The highest BCUT2D eigenvalue weighted by Gasteiger charge is 2.10. The lowest BCUT2D eigenvalue weighted by Crippen LogP contribution is -2.17. The number of benzene rings is 2. The van der Waals surface area contributed by atoms with Crippen molar-refractivity contribution in [1.29, 1.82) is 5.26 Å². The number of nitriles is 1. The average Bonchev–Trinajstić information content (AvgIpc) is 2.53. The van der Waals surface area contributed by atoms with E-state index in [-0.39, 0.29) is 5.57 Å². The molecule has 0 bridgehead atoms. The summed E-state index contributed by atoms with van der Waals surface area (Å²) >= 11 is 0. The van der Waals surface area contributed by atoms with Crippen LogP contribution in [0.4, 0.5) is 11.4 Å². The highest BCUT2D eigenvalue weighted by Crippen LogP contribution is 2.15. The third kappa shape index (κ3) is 3.97. The van der Waals surface area contributed by atoms with Gasteiger partial charge in [-0.3, -0.25) is 4.79 Å². The van der Waals surface area contributed by atoms with Crippen LogP contribution in [0.5, 0.6) is 0 Å². The minimum absolute atomic E-state index is 0.0481. The van der Waals surface area contributed by atoms with Gasteiger partial charge in [0.2, 0.25) is 0 Å². The molecule has 1 amide bonds. The van der Waals surface area contributed by atoms with Crippen molar-refractivity contribution in [1.82, 2.24) is 0 Å². The van der Waals surface area contributed by atoms with E-state index in [1.54, 1.807) is 24.1 Å². The molecule has 0 saturated heterocycles. The van der Waals surface area contributed by atoms with Gasteiger partial charge in [-0.05, 0) is 31.2 Å². The van der Waals surface area contributed by atoms with Crippen LogP contribution in [0.2, 0.25) is 0 Å². The largest absolute Gasteiger partial charge is 0.350 e. The Bertz CT molecular complexity index is 712. The van der Waals surface area contributed by atoms with Gasteiger partial charge in [-0.1, -0.05) is 35.9 Å². The number of carbonyl (C=O) groups excluding carboxylic acids is 1. The van der Waals surface area contributed by atoms with Crippen LogP contribution in [0, 0.1) is 18.3 Å². The van der Waals surface area contributed by atoms with Crippen LogP contribution >= 0.6 is 0 Å². The highest BCUT2D eigenvalue weighted by atomic mass is 16.1. The van der Waals surface area contributed by atoms with Crippen LogP contribution in [0.15, 0.2) is 66.4 Å². The Hall–Kier alpha value is -3.06. The van der Waals surface area contributed by atoms with Gasteiger partial charge in [0.25, 0.3) is 5.91 Å². The molecule has 2 rings (SSSR count). The topological polar surface area (TPSA) is 56.1 Å². The third-order valence-corrected chi connectivity index (χ3v) is 3.16. The first kappa shape index (κ1) is 15.3. The smallest absolute Gasteiger partial charge is 0.267 e. The first-order chi connectivity index (χ1) is 10.6. The average molecular weight is 291 g/mol. The van der Waals surface area contributed by atoms with Gasteiger partial charge >= 0.3 is 0 Å². The van der Waals surface area contributed by atoms with E-state index in [9.17, 15) is 10.1 Å². The third-order valence-electron chi connectivity index (χ3n) is 3.16. The van der Waals surface area contributed by atoms with Crippen molar-refractivity contribution in [3.63, 3.8) is 0 Å². The summed E-state index contributed by atoms with van der Waals surface area (Å²) in [5, 5.41) is 11.9. The van der Waals surface area contributed by atoms with E-state index in [4.69, 9.17) is 0 Å². The zero-order chi connectivity index (χ0) is 15.9. The van der Waals surface area contributed by atoms with Gasteiger partial charge in [0.15, 0.2) is 0 Å². The molecule has 0 unspecified atom stereocenters.